The highest BCUT2D eigenvalue weighted by Crippen LogP contribution is 2.28. The number of hydrogen-bond acceptors (Lipinski definition) is 2. The first kappa shape index (κ1) is 11.3. The lowest BCUT2D eigenvalue weighted by molar-refractivity contribution is 0.231. The van der Waals surface area contributed by atoms with Gasteiger partial charge in [-0.1, -0.05) is 26.8 Å². The van der Waals surface area contributed by atoms with Gasteiger partial charge in [-0.2, -0.15) is 5.10 Å². The van der Waals surface area contributed by atoms with Crippen LogP contribution in [0.3, 0.4) is 0 Å². The Morgan fingerprint density at radius 2 is 2.14 bits per heavy atom. The number of nitrogens with one attached hydrogen (secondary N) is 1. The third kappa shape index (κ3) is 3.52. The number of nitrogens with zero attached hydrogens (tertiary/aromatic N) is 1. The molecule has 0 radical (unpaired) electrons. The van der Waals surface area contributed by atoms with Crippen molar-refractivity contribution in [2.45, 2.75) is 46.1 Å². The van der Waals surface area contributed by atoms with Crippen molar-refractivity contribution < 1.29 is 0 Å². The topological polar surface area (TPSA) is 24.4 Å². The van der Waals surface area contributed by atoms with Gasteiger partial charge in [0.2, 0.25) is 0 Å². The molecule has 1 rings (SSSR count). The minimum atomic E-state index is 0.550. The lowest BCUT2D eigenvalue weighted by Gasteiger charge is -2.32. The molecule has 14 heavy (non-hydrogen) atoms. The molecule has 0 aromatic rings. The summed E-state index contributed by atoms with van der Waals surface area (Å²) in [6, 6.07) is 0.550. The van der Waals surface area contributed by atoms with Gasteiger partial charge in [0.1, 0.15) is 0 Å². The molecule has 1 aliphatic rings. The molecule has 2 nitrogen and oxygen atoms in total. The zero-order valence-electron chi connectivity index (χ0n) is 9.59. The predicted octanol–water partition coefficient (Wildman–Crippen LogP) is 2.96. The Kier molecular flexibility index (Phi) is 4.18. The van der Waals surface area contributed by atoms with Crippen LogP contribution in [-0.2, 0) is 0 Å². The molecule has 1 saturated carbocycles. The van der Waals surface area contributed by atoms with Crippen LogP contribution in [0.1, 0.15) is 40.0 Å². The Labute approximate surface area is 87.5 Å². The molecule has 0 heterocycles. The summed E-state index contributed by atoms with van der Waals surface area (Å²) in [5.41, 5.74) is 4.24. The van der Waals surface area contributed by atoms with E-state index in [4.69, 9.17) is 0 Å². The van der Waals surface area contributed by atoms with E-state index in [0.717, 1.165) is 17.4 Å². The van der Waals surface area contributed by atoms with Gasteiger partial charge in [-0.25, -0.2) is 0 Å². The zero-order valence-corrected chi connectivity index (χ0v) is 9.59. The second kappa shape index (κ2) is 5.18. The van der Waals surface area contributed by atoms with Crippen LogP contribution in [0.25, 0.3) is 0 Å². The van der Waals surface area contributed by atoms with E-state index in [0.29, 0.717) is 6.04 Å². The summed E-state index contributed by atoms with van der Waals surface area (Å²) in [7, 11) is 0. The summed E-state index contributed by atoms with van der Waals surface area (Å²) in [6.45, 7) is 10.4. The Balaban J connectivity index is 2.38. The van der Waals surface area contributed by atoms with Gasteiger partial charge < -0.3 is 5.43 Å². The largest absolute Gasteiger partial charge is 0.307 e. The highest BCUT2D eigenvalue weighted by Gasteiger charge is 2.24. The standard InChI is InChI=1S/C12H22N2/c1-9(2)8-13-14-12-7-10(3)5-6-11(12)4/h8,10-12,14H,1,5-7H2,2-4H3/b13-8+. The fourth-order valence-electron chi connectivity index (χ4n) is 1.96. The van der Waals surface area contributed by atoms with Crippen LogP contribution in [0, 0.1) is 11.8 Å². The zero-order chi connectivity index (χ0) is 10.6. The van der Waals surface area contributed by atoms with E-state index in [1.54, 1.807) is 6.21 Å². The fourth-order valence-corrected chi connectivity index (χ4v) is 1.96. The second-order valence-electron chi connectivity index (χ2n) is 4.74. The van der Waals surface area contributed by atoms with E-state index < -0.39 is 0 Å². The SMILES string of the molecule is C=C(C)/C=N/NC1CC(C)CCC1C. The first-order valence-corrected chi connectivity index (χ1v) is 5.53. The molecule has 0 aromatic heterocycles. The average molecular weight is 194 g/mol. The maximum Gasteiger partial charge on any atom is 0.0491 e. The molecule has 0 aromatic carbocycles. The van der Waals surface area contributed by atoms with Crippen molar-refractivity contribution in [1.29, 1.82) is 0 Å². The van der Waals surface area contributed by atoms with E-state index in [1.807, 2.05) is 6.92 Å². The molecule has 3 atom stereocenters. The minimum Gasteiger partial charge on any atom is -0.307 e. The number of hydrogen-bond donors (Lipinski definition) is 1. The minimum absolute atomic E-state index is 0.550. The van der Waals surface area contributed by atoms with Gasteiger partial charge in [0.25, 0.3) is 0 Å². The molecule has 0 spiro atoms. The highest BCUT2D eigenvalue weighted by molar-refractivity contribution is 5.76. The van der Waals surface area contributed by atoms with Gasteiger partial charge in [0.05, 0.1) is 0 Å². The van der Waals surface area contributed by atoms with Crippen LogP contribution in [0.2, 0.25) is 0 Å². The molecule has 0 bridgehead atoms. The second-order valence-corrected chi connectivity index (χ2v) is 4.74. The van der Waals surface area contributed by atoms with Gasteiger partial charge in [-0.15, -0.1) is 0 Å². The third-order valence-corrected chi connectivity index (χ3v) is 2.98. The van der Waals surface area contributed by atoms with Crippen molar-refractivity contribution in [3.05, 3.63) is 12.2 Å². The monoisotopic (exact) mass is 194 g/mol. The molecule has 2 heteroatoms. The van der Waals surface area contributed by atoms with Crippen molar-refractivity contribution in [2.24, 2.45) is 16.9 Å². The van der Waals surface area contributed by atoms with Gasteiger partial charge in [-0.3, -0.25) is 0 Å². The molecule has 0 aliphatic heterocycles. The van der Waals surface area contributed by atoms with Crippen LogP contribution in [-0.4, -0.2) is 12.3 Å². The number of hydrazone groups is 1. The van der Waals surface area contributed by atoms with E-state index in [2.05, 4.69) is 31.0 Å². The Bertz CT molecular complexity index is 220. The van der Waals surface area contributed by atoms with Crippen molar-refractivity contribution in [2.75, 3.05) is 0 Å². The van der Waals surface area contributed by atoms with Crippen molar-refractivity contribution in [3.63, 3.8) is 0 Å². The maximum absolute atomic E-state index is 4.20. The summed E-state index contributed by atoms with van der Waals surface area (Å²) in [4.78, 5) is 0. The molecule has 1 aliphatic carbocycles. The first-order valence-electron chi connectivity index (χ1n) is 5.53. The van der Waals surface area contributed by atoms with Crippen LogP contribution in [0.15, 0.2) is 17.3 Å². The van der Waals surface area contributed by atoms with Crippen molar-refractivity contribution >= 4 is 6.21 Å². The van der Waals surface area contributed by atoms with E-state index in [9.17, 15) is 0 Å². The molecular formula is C12H22N2. The summed E-state index contributed by atoms with van der Waals surface area (Å²) < 4.78 is 0. The molecule has 1 N–H and O–H groups in total. The van der Waals surface area contributed by atoms with E-state index in [1.165, 1.54) is 19.3 Å². The van der Waals surface area contributed by atoms with Gasteiger partial charge in [0, 0.05) is 12.3 Å². The van der Waals surface area contributed by atoms with Crippen molar-refractivity contribution in [1.82, 2.24) is 5.43 Å². The van der Waals surface area contributed by atoms with Crippen LogP contribution in [0.4, 0.5) is 0 Å². The molecule has 1 fully saturated rings. The van der Waals surface area contributed by atoms with Gasteiger partial charge in [-0.05, 0) is 37.2 Å². The predicted molar refractivity (Wildman–Crippen MR) is 62.4 cm³/mol. The smallest absolute Gasteiger partial charge is 0.0491 e. The Hall–Kier alpha value is -0.790. The molecule has 0 saturated heterocycles. The molecule has 0 amide bonds. The summed E-state index contributed by atoms with van der Waals surface area (Å²) in [6.07, 6.45) is 5.73. The lowest BCUT2D eigenvalue weighted by atomic mass is 9.80. The summed E-state index contributed by atoms with van der Waals surface area (Å²) in [5, 5.41) is 4.20. The summed E-state index contributed by atoms with van der Waals surface area (Å²) in [5.74, 6) is 1.58. The molecular weight excluding hydrogens is 172 g/mol. The number of allylic oxidation sites excluding steroid dienone is 1. The van der Waals surface area contributed by atoms with Gasteiger partial charge >= 0.3 is 0 Å². The van der Waals surface area contributed by atoms with E-state index >= 15 is 0 Å². The fraction of sp³-hybridized carbons (Fsp3) is 0.750. The Morgan fingerprint density at radius 3 is 2.79 bits per heavy atom. The quantitative estimate of drug-likeness (QED) is 0.542. The molecule has 80 valence electrons. The van der Waals surface area contributed by atoms with Crippen LogP contribution < -0.4 is 5.43 Å². The first-order chi connectivity index (χ1) is 6.59. The van der Waals surface area contributed by atoms with Crippen LogP contribution in [0.5, 0.6) is 0 Å². The molecule has 3 unspecified atom stereocenters. The maximum atomic E-state index is 4.20. The summed E-state index contributed by atoms with van der Waals surface area (Å²) >= 11 is 0. The average Bonchev–Trinajstić information content (AvgIpc) is 2.10. The van der Waals surface area contributed by atoms with E-state index in [-0.39, 0.29) is 0 Å². The highest BCUT2D eigenvalue weighted by atomic mass is 15.3. The van der Waals surface area contributed by atoms with Crippen molar-refractivity contribution in [3.8, 4) is 0 Å². The van der Waals surface area contributed by atoms with Crippen LogP contribution >= 0.6 is 0 Å². The number of rotatable bonds is 3. The normalized spacial score (nSPS) is 33.2. The third-order valence-electron chi connectivity index (χ3n) is 2.98. The van der Waals surface area contributed by atoms with Gasteiger partial charge in [0.15, 0.2) is 0 Å². The lowest BCUT2D eigenvalue weighted by Crippen LogP contribution is -2.36. The Morgan fingerprint density at radius 1 is 1.43 bits per heavy atom.